The Morgan fingerprint density at radius 1 is 1.15 bits per heavy atom. The van der Waals surface area contributed by atoms with Crippen LogP contribution in [-0.4, -0.2) is 30.2 Å². The largest absolute Gasteiger partial charge is 0.504 e. The van der Waals surface area contributed by atoms with Gasteiger partial charge in [-0.3, -0.25) is 9.59 Å². The van der Waals surface area contributed by atoms with E-state index in [1.54, 1.807) is 50.2 Å². The van der Waals surface area contributed by atoms with E-state index < -0.39 is 0 Å². The van der Waals surface area contributed by atoms with Crippen LogP contribution in [0.5, 0.6) is 11.5 Å². The molecule has 0 saturated carbocycles. The van der Waals surface area contributed by atoms with Crippen LogP contribution in [0.4, 0.5) is 5.69 Å². The van der Waals surface area contributed by atoms with E-state index in [1.165, 1.54) is 19.4 Å². The van der Waals surface area contributed by atoms with Crippen molar-refractivity contribution in [3.8, 4) is 11.5 Å². The molecule has 26 heavy (non-hydrogen) atoms. The Morgan fingerprint density at radius 2 is 1.85 bits per heavy atom. The highest BCUT2D eigenvalue weighted by Crippen LogP contribution is 2.25. The van der Waals surface area contributed by atoms with Crippen molar-refractivity contribution in [2.45, 2.75) is 13.8 Å². The zero-order valence-corrected chi connectivity index (χ0v) is 14.8. The number of nitrogens with one attached hydrogen (secondary N) is 2. The van der Waals surface area contributed by atoms with E-state index in [4.69, 9.17) is 4.74 Å². The molecule has 2 aromatic carbocycles. The number of anilines is 1. The smallest absolute Gasteiger partial charge is 0.271 e. The number of benzene rings is 2. The van der Waals surface area contributed by atoms with E-state index in [0.29, 0.717) is 22.6 Å². The molecular formula is C19H21N3O4. The number of carbonyl (C=O) groups is 2. The normalized spacial score (nSPS) is 10.8. The van der Waals surface area contributed by atoms with Crippen molar-refractivity contribution in [3.05, 3.63) is 53.6 Å². The maximum Gasteiger partial charge on any atom is 0.271 e. The molecule has 0 atom stereocenters. The number of rotatable bonds is 6. The molecule has 7 heteroatoms. The van der Waals surface area contributed by atoms with Gasteiger partial charge in [-0.25, -0.2) is 5.43 Å². The fourth-order valence-electron chi connectivity index (χ4n) is 2.01. The number of aromatic hydroxyl groups is 1. The van der Waals surface area contributed by atoms with Crippen molar-refractivity contribution in [1.29, 1.82) is 0 Å². The highest BCUT2D eigenvalue weighted by atomic mass is 16.5. The summed E-state index contributed by atoms with van der Waals surface area (Å²) in [6, 6.07) is 11.3. The molecule has 0 bridgehead atoms. The molecule has 2 aromatic rings. The molecule has 136 valence electrons. The van der Waals surface area contributed by atoms with Crippen LogP contribution in [0.3, 0.4) is 0 Å². The van der Waals surface area contributed by atoms with Gasteiger partial charge in [-0.2, -0.15) is 5.10 Å². The number of hydrogen-bond donors (Lipinski definition) is 3. The van der Waals surface area contributed by atoms with Gasteiger partial charge in [0.1, 0.15) is 0 Å². The van der Waals surface area contributed by atoms with Gasteiger partial charge >= 0.3 is 0 Å². The van der Waals surface area contributed by atoms with E-state index >= 15 is 0 Å². The molecule has 2 rings (SSSR count). The Morgan fingerprint density at radius 3 is 2.42 bits per heavy atom. The molecule has 0 unspecified atom stereocenters. The summed E-state index contributed by atoms with van der Waals surface area (Å²) in [4.78, 5) is 23.7. The summed E-state index contributed by atoms with van der Waals surface area (Å²) in [5, 5.41) is 16.3. The molecule has 0 aromatic heterocycles. The van der Waals surface area contributed by atoms with Crippen molar-refractivity contribution in [2.75, 3.05) is 12.4 Å². The van der Waals surface area contributed by atoms with Gasteiger partial charge in [-0.15, -0.1) is 0 Å². The molecule has 0 aliphatic rings. The molecule has 0 heterocycles. The van der Waals surface area contributed by atoms with Crippen LogP contribution < -0.4 is 15.5 Å². The number of phenolic OH excluding ortho intramolecular Hbond substituents is 1. The van der Waals surface area contributed by atoms with Gasteiger partial charge < -0.3 is 15.2 Å². The molecule has 3 N–H and O–H groups in total. The highest BCUT2D eigenvalue weighted by molar-refractivity contribution is 5.96. The van der Waals surface area contributed by atoms with Gasteiger partial charge in [0.2, 0.25) is 5.91 Å². The Kier molecular flexibility index (Phi) is 6.32. The topological polar surface area (TPSA) is 100 Å². The van der Waals surface area contributed by atoms with Crippen LogP contribution in [0, 0.1) is 5.92 Å². The summed E-state index contributed by atoms with van der Waals surface area (Å²) in [5.74, 6) is -0.252. The van der Waals surface area contributed by atoms with Crippen LogP contribution >= 0.6 is 0 Å². The molecule has 0 aliphatic heterocycles. The lowest BCUT2D eigenvalue weighted by molar-refractivity contribution is -0.118. The zero-order valence-electron chi connectivity index (χ0n) is 14.8. The first-order chi connectivity index (χ1) is 12.4. The lowest BCUT2D eigenvalue weighted by atomic mass is 10.1. The molecule has 0 saturated heterocycles. The van der Waals surface area contributed by atoms with E-state index in [-0.39, 0.29) is 23.5 Å². The third-order valence-corrected chi connectivity index (χ3v) is 3.52. The Hall–Kier alpha value is -3.35. The van der Waals surface area contributed by atoms with Gasteiger partial charge in [0.25, 0.3) is 5.91 Å². The summed E-state index contributed by atoms with van der Waals surface area (Å²) in [7, 11) is 1.46. The number of phenols is 1. The number of hydrazone groups is 1. The maximum absolute atomic E-state index is 12.1. The van der Waals surface area contributed by atoms with Crippen LogP contribution in [0.15, 0.2) is 47.6 Å². The summed E-state index contributed by atoms with van der Waals surface area (Å²) in [5.41, 5.74) is 4.04. The molecule has 0 aliphatic carbocycles. The first-order valence-corrected chi connectivity index (χ1v) is 8.02. The predicted molar refractivity (Wildman–Crippen MR) is 99.6 cm³/mol. The summed E-state index contributed by atoms with van der Waals surface area (Å²) >= 11 is 0. The first-order valence-electron chi connectivity index (χ1n) is 8.02. The van der Waals surface area contributed by atoms with Gasteiger partial charge in [0.05, 0.1) is 13.3 Å². The fraction of sp³-hybridized carbons (Fsp3) is 0.211. The number of hydrogen-bond acceptors (Lipinski definition) is 5. The minimum Gasteiger partial charge on any atom is -0.504 e. The average molecular weight is 355 g/mol. The molecule has 0 fully saturated rings. The number of nitrogens with zero attached hydrogens (tertiary/aromatic N) is 1. The molecular weight excluding hydrogens is 334 g/mol. The summed E-state index contributed by atoms with van der Waals surface area (Å²) in [6.07, 6.45) is 1.41. The van der Waals surface area contributed by atoms with Crippen molar-refractivity contribution < 1.29 is 19.4 Å². The lowest BCUT2D eigenvalue weighted by Crippen LogP contribution is -2.19. The molecule has 0 radical (unpaired) electrons. The Bertz CT molecular complexity index is 814. The number of carbonyl (C=O) groups excluding carboxylic acids is 2. The summed E-state index contributed by atoms with van der Waals surface area (Å²) < 4.78 is 4.96. The number of ether oxygens (including phenoxy) is 1. The third kappa shape index (κ3) is 5.07. The maximum atomic E-state index is 12.1. The van der Waals surface area contributed by atoms with E-state index in [1.807, 2.05) is 0 Å². The minimum atomic E-state index is -0.388. The molecule has 0 spiro atoms. The van der Waals surface area contributed by atoms with Gasteiger partial charge in [-0.1, -0.05) is 13.8 Å². The van der Waals surface area contributed by atoms with E-state index in [9.17, 15) is 14.7 Å². The monoisotopic (exact) mass is 355 g/mol. The standard InChI is InChI=1S/C19H21N3O4/c1-12(2)18(24)21-15-7-5-14(6-8-15)19(25)22-20-11-13-4-9-17(26-3)16(23)10-13/h4-12,23H,1-3H3,(H,21,24)(H,22,25). The third-order valence-electron chi connectivity index (χ3n) is 3.52. The quantitative estimate of drug-likeness (QED) is 0.548. The van der Waals surface area contributed by atoms with Crippen molar-refractivity contribution in [2.24, 2.45) is 11.0 Å². The van der Waals surface area contributed by atoms with Crippen molar-refractivity contribution in [3.63, 3.8) is 0 Å². The lowest BCUT2D eigenvalue weighted by Gasteiger charge is -2.08. The molecule has 2 amide bonds. The predicted octanol–water partition coefficient (Wildman–Crippen LogP) is 2.76. The van der Waals surface area contributed by atoms with Crippen LogP contribution in [0.25, 0.3) is 0 Å². The Balaban J connectivity index is 1.95. The van der Waals surface area contributed by atoms with Gasteiger partial charge in [-0.05, 0) is 48.0 Å². The van der Waals surface area contributed by atoms with Crippen LogP contribution in [0.2, 0.25) is 0 Å². The van der Waals surface area contributed by atoms with Gasteiger partial charge in [0, 0.05) is 17.2 Å². The van der Waals surface area contributed by atoms with Gasteiger partial charge in [0.15, 0.2) is 11.5 Å². The van der Waals surface area contributed by atoms with Crippen molar-refractivity contribution >= 4 is 23.7 Å². The number of amides is 2. The second-order valence-corrected chi connectivity index (χ2v) is 5.85. The van der Waals surface area contributed by atoms with E-state index in [2.05, 4.69) is 15.8 Å². The van der Waals surface area contributed by atoms with Crippen LogP contribution in [-0.2, 0) is 4.79 Å². The first kappa shape index (κ1) is 19.0. The number of methoxy groups -OCH3 is 1. The highest BCUT2D eigenvalue weighted by Gasteiger charge is 2.08. The van der Waals surface area contributed by atoms with Crippen molar-refractivity contribution in [1.82, 2.24) is 5.43 Å². The Labute approximate surface area is 151 Å². The van der Waals surface area contributed by atoms with E-state index in [0.717, 1.165) is 0 Å². The molecule has 7 nitrogen and oxygen atoms in total. The SMILES string of the molecule is COc1ccc(C=NNC(=O)c2ccc(NC(=O)C(C)C)cc2)cc1O. The second kappa shape index (κ2) is 8.66. The fourth-order valence-corrected chi connectivity index (χ4v) is 2.01. The second-order valence-electron chi connectivity index (χ2n) is 5.85. The average Bonchev–Trinajstić information content (AvgIpc) is 2.62. The van der Waals surface area contributed by atoms with Crippen LogP contribution in [0.1, 0.15) is 29.8 Å². The minimum absolute atomic E-state index is 0.0122. The summed E-state index contributed by atoms with van der Waals surface area (Å²) in [6.45, 7) is 3.61. The zero-order chi connectivity index (χ0) is 19.1.